The average Bonchev–Trinajstić information content (AvgIpc) is 2.34. The molecule has 0 fully saturated rings. The largest absolute Gasteiger partial charge is 0.478 e. The van der Waals surface area contributed by atoms with E-state index in [0.717, 1.165) is 17.7 Å². The summed E-state index contributed by atoms with van der Waals surface area (Å²) in [5.74, 6) is -1.46. The molecule has 0 saturated carbocycles. The summed E-state index contributed by atoms with van der Waals surface area (Å²) in [6.45, 7) is 0.518. The molecule has 0 unspecified atom stereocenters. The Kier molecular flexibility index (Phi) is 5.39. The van der Waals surface area contributed by atoms with Gasteiger partial charge in [0.2, 0.25) is 5.91 Å². The molecular weight excluding hydrogens is 254 g/mol. The van der Waals surface area contributed by atoms with Gasteiger partial charge in [0.25, 0.3) is 0 Å². The van der Waals surface area contributed by atoms with Gasteiger partial charge in [0, 0.05) is 30.8 Å². The molecule has 0 aliphatic carbocycles. The molecule has 18 heavy (non-hydrogen) atoms. The summed E-state index contributed by atoms with van der Waals surface area (Å²) in [7, 11) is 1.63. The van der Waals surface area contributed by atoms with E-state index in [1.165, 1.54) is 4.90 Å². The second-order valence-electron chi connectivity index (χ2n) is 3.81. The van der Waals surface area contributed by atoms with Gasteiger partial charge in [-0.25, -0.2) is 4.79 Å². The lowest BCUT2D eigenvalue weighted by Crippen LogP contribution is -2.27. The molecule has 0 radical (unpaired) electrons. The van der Waals surface area contributed by atoms with Gasteiger partial charge in [-0.1, -0.05) is 23.7 Å². The fourth-order valence-corrected chi connectivity index (χ4v) is 1.45. The van der Waals surface area contributed by atoms with Crippen LogP contribution in [-0.2, 0) is 16.0 Å². The molecule has 0 aliphatic heterocycles. The maximum atomic E-state index is 11.5. The quantitative estimate of drug-likeness (QED) is 0.830. The molecule has 0 spiro atoms. The number of carbonyl (C=O) groups is 2. The minimum absolute atomic E-state index is 0.327. The molecule has 1 N–H and O–H groups in total. The SMILES string of the molecule is CN(CCc1ccc(Cl)cc1)C(=O)/C=C/C(=O)O. The average molecular weight is 268 g/mol. The predicted molar refractivity (Wildman–Crippen MR) is 69.6 cm³/mol. The second-order valence-corrected chi connectivity index (χ2v) is 4.24. The Morgan fingerprint density at radius 3 is 2.44 bits per heavy atom. The molecule has 0 aliphatic rings. The maximum absolute atomic E-state index is 11.5. The third-order valence-corrected chi connectivity index (χ3v) is 2.65. The van der Waals surface area contributed by atoms with Crippen molar-refractivity contribution in [1.82, 2.24) is 4.90 Å². The van der Waals surface area contributed by atoms with Gasteiger partial charge < -0.3 is 10.0 Å². The topological polar surface area (TPSA) is 57.6 Å². The first-order valence-corrected chi connectivity index (χ1v) is 5.77. The molecule has 0 saturated heterocycles. The Labute approximate surface area is 110 Å². The van der Waals surface area contributed by atoms with Crippen LogP contribution in [0.1, 0.15) is 5.56 Å². The van der Waals surface area contributed by atoms with E-state index in [0.29, 0.717) is 18.0 Å². The van der Waals surface area contributed by atoms with E-state index >= 15 is 0 Å². The maximum Gasteiger partial charge on any atom is 0.328 e. The molecule has 96 valence electrons. The minimum atomic E-state index is -1.13. The number of halogens is 1. The van der Waals surface area contributed by atoms with Crippen LogP contribution in [0.25, 0.3) is 0 Å². The first-order chi connectivity index (χ1) is 8.49. The van der Waals surface area contributed by atoms with Gasteiger partial charge in [-0.3, -0.25) is 4.79 Å². The molecule has 0 aromatic heterocycles. The Balaban J connectivity index is 2.45. The van der Waals surface area contributed by atoms with Crippen LogP contribution in [0, 0.1) is 0 Å². The summed E-state index contributed by atoms with van der Waals surface area (Å²) < 4.78 is 0. The van der Waals surface area contributed by atoms with Gasteiger partial charge in [-0.2, -0.15) is 0 Å². The van der Waals surface area contributed by atoms with Crippen molar-refractivity contribution in [2.24, 2.45) is 0 Å². The summed E-state index contributed by atoms with van der Waals surface area (Å²) in [4.78, 5) is 23.2. The lowest BCUT2D eigenvalue weighted by Gasteiger charge is -2.14. The van der Waals surface area contributed by atoms with Crippen molar-refractivity contribution >= 4 is 23.5 Å². The number of benzene rings is 1. The zero-order valence-corrected chi connectivity index (χ0v) is 10.7. The van der Waals surface area contributed by atoms with Crippen LogP contribution in [0.4, 0.5) is 0 Å². The number of carbonyl (C=O) groups excluding carboxylic acids is 1. The van der Waals surface area contributed by atoms with Crippen molar-refractivity contribution in [3.63, 3.8) is 0 Å². The van der Waals surface area contributed by atoms with Gasteiger partial charge in [-0.15, -0.1) is 0 Å². The molecule has 1 amide bonds. The van der Waals surface area contributed by atoms with Crippen LogP contribution in [0.15, 0.2) is 36.4 Å². The Morgan fingerprint density at radius 2 is 1.89 bits per heavy atom. The van der Waals surface area contributed by atoms with Gasteiger partial charge in [-0.05, 0) is 24.1 Å². The van der Waals surface area contributed by atoms with E-state index < -0.39 is 5.97 Å². The van der Waals surface area contributed by atoms with Crippen LogP contribution in [0.3, 0.4) is 0 Å². The number of amides is 1. The Bertz CT molecular complexity index is 454. The third-order valence-electron chi connectivity index (χ3n) is 2.39. The summed E-state index contributed by atoms with van der Waals surface area (Å²) in [5, 5.41) is 9.08. The number of aliphatic carboxylic acids is 1. The van der Waals surface area contributed by atoms with Crippen molar-refractivity contribution in [2.75, 3.05) is 13.6 Å². The fraction of sp³-hybridized carbons (Fsp3) is 0.231. The van der Waals surface area contributed by atoms with E-state index in [2.05, 4.69) is 0 Å². The smallest absolute Gasteiger partial charge is 0.328 e. The molecule has 0 bridgehead atoms. The van der Waals surface area contributed by atoms with Crippen molar-refractivity contribution < 1.29 is 14.7 Å². The lowest BCUT2D eigenvalue weighted by molar-refractivity contribution is -0.132. The highest BCUT2D eigenvalue weighted by Crippen LogP contribution is 2.10. The summed E-state index contributed by atoms with van der Waals surface area (Å²) >= 11 is 5.77. The monoisotopic (exact) mass is 267 g/mol. The molecule has 0 atom stereocenters. The van der Waals surface area contributed by atoms with Crippen molar-refractivity contribution in [2.45, 2.75) is 6.42 Å². The molecule has 1 rings (SSSR count). The van der Waals surface area contributed by atoms with Gasteiger partial charge in [0.1, 0.15) is 0 Å². The highest BCUT2D eigenvalue weighted by molar-refractivity contribution is 6.30. The highest BCUT2D eigenvalue weighted by Gasteiger charge is 2.05. The minimum Gasteiger partial charge on any atom is -0.478 e. The second kappa shape index (κ2) is 6.81. The number of rotatable bonds is 5. The summed E-state index contributed by atoms with van der Waals surface area (Å²) in [6.07, 6.45) is 2.58. The Hall–Kier alpha value is -1.81. The van der Waals surface area contributed by atoms with Crippen molar-refractivity contribution in [3.05, 3.63) is 47.0 Å². The number of carboxylic acids is 1. The number of hydrogen-bond donors (Lipinski definition) is 1. The molecular formula is C13H14ClNO3. The van der Waals surface area contributed by atoms with E-state index in [1.54, 1.807) is 19.2 Å². The number of carboxylic acid groups (broad SMARTS) is 1. The highest BCUT2D eigenvalue weighted by atomic mass is 35.5. The van der Waals surface area contributed by atoms with Crippen LogP contribution in [0.5, 0.6) is 0 Å². The van der Waals surface area contributed by atoms with E-state index in [-0.39, 0.29) is 5.91 Å². The predicted octanol–water partition coefficient (Wildman–Crippen LogP) is 1.98. The molecule has 1 aromatic carbocycles. The number of likely N-dealkylation sites (N-methyl/N-ethyl adjacent to an activating group) is 1. The van der Waals surface area contributed by atoms with Crippen LogP contribution >= 0.6 is 11.6 Å². The number of hydrogen-bond acceptors (Lipinski definition) is 2. The molecule has 5 heteroatoms. The van der Waals surface area contributed by atoms with Crippen LogP contribution in [0.2, 0.25) is 5.02 Å². The lowest BCUT2D eigenvalue weighted by atomic mass is 10.1. The zero-order chi connectivity index (χ0) is 13.5. The first-order valence-electron chi connectivity index (χ1n) is 5.39. The third kappa shape index (κ3) is 5.01. The zero-order valence-electron chi connectivity index (χ0n) is 9.97. The van der Waals surface area contributed by atoms with E-state index in [9.17, 15) is 9.59 Å². The van der Waals surface area contributed by atoms with E-state index in [1.807, 2.05) is 12.1 Å². The van der Waals surface area contributed by atoms with E-state index in [4.69, 9.17) is 16.7 Å². The van der Waals surface area contributed by atoms with Crippen molar-refractivity contribution in [3.8, 4) is 0 Å². The van der Waals surface area contributed by atoms with Gasteiger partial charge >= 0.3 is 5.97 Å². The van der Waals surface area contributed by atoms with Crippen LogP contribution < -0.4 is 0 Å². The van der Waals surface area contributed by atoms with Crippen molar-refractivity contribution in [1.29, 1.82) is 0 Å². The van der Waals surface area contributed by atoms with Gasteiger partial charge in [0.05, 0.1) is 0 Å². The molecule has 0 heterocycles. The summed E-state index contributed by atoms with van der Waals surface area (Å²) in [6, 6.07) is 7.38. The fourth-order valence-electron chi connectivity index (χ4n) is 1.33. The standard InChI is InChI=1S/C13H14ClNO3/c1-15(12(16)6-7-13(17)18)9-8-10-2-4-11(14)5-3-10/h2-7H,8-9H2,1H3,(H,17,18)/b7-6+. The summed E-state index contributed by atoms with van der Waals surface area (Å²) in [5.41, 5.74) is 1.07. The first kappa shape index (κ1) is 14.3. The Morgan fingerprint density at radius 1 is 1.28 bits per heavy atom. The molecule has 4 nitrogen and oxygen atoms in total. The van der Waals surface area contributed by atoms with Crippen LogP contribution in [-0.4, -0.2) is 35.5 Å². The number of nitrogens with zero attached hydrogens (tertiary/aromatic N) is 1. The van der Waals surface area contributed by atoms with Gasteiger partial charge in [0.15, 0.2) is 0 Å². The molecule has 1 aromatic rings. The normalized spacial score (nSPS) is 10.6.